The van der Waals surface area contributed by atoms with Crippen LogP contribution in [0.5, 0.6) is 11.5 Å². The van der Waals surface area contributed by atoms with Crippen molar-refractivity contribution in [3.63, 3.8) is 0 Å². The molecule has 0 amide bonds. The van der Waals surface area contributed by atoms with Gasteiger partial charge in [0.15, 0.2) is 5.78 Å². The number of allylic oxidation sites excluding steroid dienone is 1. The first-order chi connectivity index (χ1) is 10.1. The van der Waals surface area contributed by atoms with Crippen LogP contribution in [-0.2, 0) is 0 Å². The summed E-state index contributed by atoms with van der Waals surface area (Å²) in [6.07, 6.45) is 3.17. The quantitative estimate of drug-likeness (QED) is 0.612. The van der Waals surface area contributed by atoms with Crippen molar-refractivity contribution in [1.29, 1.82) is 0 Å². The number of ether oxygens (including phenoxy) is 2. The number of rotatable bonds is 5. The minimum atomic E-state index is -0.100. The topological polar surface area (TPSA) is 35.5 Å². The highest BCUT2D eigenvalue weighted by molar-refractivity contribution is 6.32. The van der Waals surface area contributed by atoms with Crippen molar-refractivity contribution in [1.82, 2.24) is 0 Å². The highest BCUT2D eigenvalue weighted by Gasteiger charge is 2.04. The second-order valence-corrected chi connectivity index (χ2v) is 4.72. The zero-order valence-corrected chi connectivity index (χ0v) is 12.6. The van der Waals surface area contributed by atoms with Crippen molar-refractivity contribution >= 4 is 23.5 Å². The molecule has 21 heavy (non-hydrogen) atoms. The normalized spacial score (nSPS) is 10.6. The van der Waals surface area contributed by atoms with E-state index in [9.17, 15) is 4.79 Å². The standard InChI is InChI=1S/C17H15ClO3/c1-20-14-6-3-12(4-7-14)17(19)10-5-13-11-15(21-2)8-9-16(13)18/h3-11H,1-2H3. The molecule has 108 valence electrons. The summed E-state index contributed by atoms with van der Waals surface area (Å²) in [5.74, 6) is 1.30. The van der Waals surface area contributed by atoms with Gasteiger partial charge in [-0.2, -0.15) is 0 Å². The molecule has 0 aromatic heterocycles. The van der Waals surface area contributed by atoms with E-state index in [-0.39, 0.29) is 5.78 Å². The van der Waals surface area contributed by atoms with Crippen LogP contribution in [0.2, 0.25) is 5.02 Å². The summed E-state index contributed by atoms with van der Waals surface area (Å²) in [6, 6.07) is 12.2. The lowest BCUT2D eigenvalue weighted by Crippen LogP contribution is -1.94. The van der Waals surface area contributed by atoms with Crippen molar-refractivity contribution in [2.75, 3.05) is 14.2 Å². The highest BCUT2D eigenvalue weighted by Crippen LogP contribution is 2.23. The fourth-order valence-corrected chi connectivity index (χ4v) is 1.97. The fraction of sp³-hybridized carbons (Fsp3) is 0.118. The van der Waals surface area contributed by atoms with Crippen LogP contribution in [-0.4, -0.2) is 20.0 Å². The van der Waals surface area contributed by atoms with Gasteiger partial charge in [0, 0.05) is 10.6 Å². The molecule has 2 aromatic rings. The van der Waals surface area contributed by atoms with Crippen LogP contribution in [0, 0.1) is 0 Å². The van der Waals surface area contributed by atoms with Crippen LogP contribution in [0.15, 0.2) is 48.5 Å². The number of halogens is 1. The molecule has 0 radical (unpaired) electrons. The van der Waals surface area contributed by atoms with E-state index in [4.69, 9.17) is 21.1 Å². The van der Waals surface area contributed by atoms with Gasteiger partial charge in [-0.05, 0) is 60.2 Å². The summed E-state index contributed by atoms with van der Waals surface area (Å²) < 4.78 is 10.2. The van der Waals surface area contributed by atoms with Crippen molar-refractivity contribution in [3.8, 4) is 11.5 Å². The Morgan fingerprint density at radius 3 is 2.24 bits per heavy atom. The van der Waals surface area contributed by atoms with Gasteiger partial charge in [0.25, 0.3) is 0 Å². The molecule has 0 N–H and O–H groups in total. The van der Waals surface area contributed by atoms with E-state index in [1.54, 1.807) is 62.8 Å². The maximum absolute atomic E-state index is 12.1. The Kier molecular flexibility index (Phi) is 5.01. The molecule has 2 rings (SSSR count). The molecule has 0 bridgehead atoms. The Morgan fingerprint density at radius 1 is 1.00 bits per heavy atom. The average Bonchev–Trinajstić information content (AvgIpc) is 2.54. The number of ketones is 1. The maximum Gasteiger partial charge on any atom is 0.185 e. The van der Waals surface area contributed by atoms with Crippen LogP contribution in [0.1, 0.15) is 15.9 Å². The average molecular weight is 303 g/mol. The Morgan fingerprint density at radius 2 is 1.62 bits per heavy atom. The van der Waals surface area contributed by atoms with Crippen molar-refractivity contribution in [2.24, 2.45) is 0 Å². The molecule has 0 saturated heterocycles. The Hall–Kier alpha value is -2.26. The lowest BCUT2D eigenvalue weighted by molar-refractivity contribution is 0.104. The molecule has 0 spiro atoms. The van der Waals surface area contributed by atoms with Crippen molar-refractivity contribution in [3.05, 3.63) is 64.7 Å². The molecule has 4 heteroatoms. The van der Waals surface area contributed by atoms with Crippen molar-refractivity contribution in [2.45, 2.75) is 0 Å². The summed E-state index contributed by atoms with van der Waals surface area (Å²) in [4.78, 5) is 12.1. The van der Waals surface area contributed by atoms with E-state index in [2.05, 4.69) is 0 Å². The Labute approximate surface area is 128 Å². The van der Waals surface area contributed by atoms with Crippen LogP contribution in [0.3, 0.4) is 0 Å². The van der Waals surface area contributed by atoms with Gasteiger partial charge >= 0.3 is 0 Å². The van der Waals surface area contributed by atoms with E-state index < -0.39 is 0 Å². The summed E-state index contributed by atoms with van der Waals surface area (Å²) in [7, 11) is 3.17. The predicted molar refractivity (Wildman–Crippen MR) is 84.4 cm³/mol. The second-order valence-electron chi connectivity index (χ2n) is 4.31. The lowest BCUT2D eigenvalue weighted by Gasteiger charge is -2.03. The Bertz CT molecular complexity index is 660. The first kappa shape index (κ1) is 15.1. The third kappa shape index (κ3) is 3.86. The zero-order valence-electron chi connectivity index (χ0n) is 11.8. The molecule has 0 atom stereocenters. The minimum Gasteiger partial charge on any atom is -0.497 e. The van der Waals surface area contributed by atoms with Gasteiger partial charge in [-0.3, -0.25) is 4.79 Å². The van der Waals surface area contributed by atoms with Gasteiger partial charge in [-0.15, -0.1) is 0 Å². The van der Waals surface area contributed by atoms with Gasteiger partial charge in [-0.25, -0.2) is 0 Å². The highest BCUT2D eigenvalue weighted by atomic mass is 35.5. The molecular formula is C17H15ClO3. The van der Waals surface area contributed by atoms with Crippen molar-refractivity contribution < 1.29 is 14.3 Å². The van der Waals surface area contributed by atoms with Gasteiger partial charge in [0.2, 0.25) is 0 Å². The zero-order chi connectivity index (χ0) is 15.2. The molecule has 0 unspecified atom stereocenters. The molecule has 0 heterocycles. The lowest BCUT2D eigenvalue weighted by atomic mass is 10.1. The summed E-state index contributed by atoms with van der Waals surface area (Å²) >= 11 is 6.09. The molecule has 2 aromatic carbocycles. The molecule has 0 fully saturated rings. The van der Waals surface area contributed by atoms with Crippen LogP contribution in [0.4, 0.5) is 0 Å². The number of hydrogen-bond donors (Lipinski definition) is 0. The first-order valence-electron chi connectivity index (χ1n) is 6.34. The summed E-state index contributed by atoms with van der Waals surface area (Å²) in [5, 5.41) is 0.564. The number of carbonyl (C=O) groups is 1. The number of methoxy groups -OCH3 is 2. The first-order valence-corrected chi connectivity index (χ1v) is 6.72. The van der Waals surface area contributed by atoms with Crippen LogP contribution < -0.4 is 9.47 Å². The molecule has 0 aliphatic rings. The number of hydrogen-bond acceptors (Lipinski definition) is 3. The Balaban J connectivity index is 2.18. The van der Waals surface area contributed by atoms with E-state index >= 15 is 0 Å². The third-order valence-electron chi connectivity index (χ3n) is 2.99. The molecular weight excluding hydrogens is 288 g/mol. The fourth-order valence-electron chi connectivity index (χ4n) is 1.79. The monoisotopic (exact) mass is 302 g/mol. The van der Waals surface area contributed by atoms with E-state index in [0.29, 0.717) is 22.1 Å². The minimum absolute atomic E-state index is 0.100. The van der Waals surface area contributed by atoms with E-state index in [1.807, 2.05) is 0 Å². The summed E-state index contributed by atoms with van der Waals surface area (Å²) in [5.41, 5.74) is 1.32. The van der Waals surface area contributed by atoms with Crippen LogP contribution in [0.25, 0.3) is 6.08 Å². The summed E-state index contributed by atoms with van der Waals surface area (Å²) in [6.45, 7) is 0. The van der Waals surface area contributed by atoms with Gasteiger partial charge < -0.3 is 9.47 Å². The SMILES string of the molecule is COc1ccc(C(=O)C=Cc2cc(OC)ccc2Cl)cc1. The largest absolute Gasteiger partial charge is 0.497 e. The molecule has 3 nitrogen and oxygen atoms in total. The molecule has 0 saturated carbocycles. The second kappa shape index (κ2) is 6.95. The van der Waals surface area contributed by atoms with Gasteiger partial charge in [0.05, 0.1) is 14.2 Å². The van der Waals surface area contributed by atoms with Gasteiger partial charge in [0.1, 0.15) is 11.5 Å². The van der Waals surface area contributed by atoms with Gasteiger partial charge in [-0.1, -0.05) is 11.6 Å². The van der Waals surface area contributed by atoms with E-state index in [0.717, 1.165) is 5.56 Å². The maximum atomic E-state index is 12.1. The van der Waals surface area contributed by atoms with Crippen LogP contribution >= 0.6 is 11.6 Å². The number of benzene rings is 2. The molecule has 0 aliphatic carbocycles. The smallest absolute Gasteiger partial charge is 0.185 e. The van der Waals surface area contributed by atoms with E-state index in [1.165, 1.54) is 6.08 Å². The number of carbonyl (C=O) groups excluding carboxylic acids is 1. The third-order valence-corrected chi connectivity index (χ3v) is 3.34. The predicted octanol–water partition coefficient (Wildman–Crippen LogP) is 4.25. The molecule has 0 aliphatic heterocycles.